The van der Waals surface area contributed by atoms with Crippen LogP contribution in [0.5, 0.6) is 11.5 Å². The van der Waals surface area contributed by atoms with Crippen LogP contribution in [0.2, 0.25) is 5.02 Å². The van der Waals surface area contributed by atoms with E-state index in [1.54, 1.807) is 18.2 Å². The SMILES string of the molecule is O=C1CCC(N2C(=O)c3ccc(OCCOCCOCCCCC(=O)N4CCN(c5ncnc6c(F)c(-c7cc(O)cc8ccccc78)c(Cl)cc56)CC4)cc3C2=O)C(=O)N1. The van der Waals surface area contributed by atoms with Crippen molar-refractivity contribution in [3.05, 3.63) is 89.0 Å². The van der Waals surface area contributed by atoms with Crippen molar-refractivity contribution in [3.63, 3.8) is 0 Å². The number of halogens is 2. The number of nitrogens with zero attached hydrogens (tertiary/aromatic N) is 5. The predicted octanol–water partition coefficient (Wildman–Crippen LogP) is 5.28. The summed E-state index contributed by atoms with van der Waals surface area (Å²) in [6.07, 6.45) is 3.21. The number of phenolic OH excluding ortho intramolecular Hbond substituents is 1. The fraction of sp³-hybridized carbons (Fsp3) is 0.341. The van der Waals surface area contributed by atoms with Gasteiger partial charge in [-0.1, -0.05) is 35.9 Å². The van der Waals surface area contributed by atoms with E-state index in [0.717, 1.165) is 15.7 Å². The third-order valence-electron chi connectivity index (χ3n) is 11.1. The number of imide groups is 2. The normalized spacial score (nSPS) is 16.8. The minimum absolute atomic E-state index is 0.00229. The Kier molecular flexibility index (Phi) is 12.4. The molecule has 8 rings (SSSR count). The maximum absolute atomic E-state index is 16.3. The zero-order valence-corrected chi connectivity index (χ0v) is 33.8. The van der Waals surface area contributed by atoms with Crippen LogP contribution < -0.4 is 15.0 Å². The lowest BCUT2D eigenvalue weighted by Crippen LogP contribution is -2.54. The average Bonchev–Trinajstić information content (AvgIpc) is 3.50. The molecule has 2 N–H and O–H groups in total. The van der Waals surface area contributed by atoms with Crippen LogP contribution >= 0.6 is 11.6 Å². The molecule has 17 heteroatoms. The number of phenols is 1. The van der Waals surface area contributed by atoms with E-state index in [-0.39, 0.29) is 64.9 Å². The summed E-state index contributed by atoms with van der Waals surface area (Å²) in [4.78, 5) is 76.2. The average molecular weight is 853 g/mol. The van der Waals surface area contributed by atoms with Crippen molar-refractivity contribution in [2.75, 3.05) is 64.1 Å². The van der Waals surface area contributed by atoms with Crippen LogP contribution in [0, 0.1) is 5.82 Å². The van der Waals surface area contributed by atoms with E-state index >= 15 is 4.39 Å². The van der Waals surface area contributed by atoms with Crippen molar-refractivity contribution in [1.29, 1.82) is 0 Å². The highest BCUT2D eigenvalue weighted by Crippen LogP contribution is 2.42. The maximum atomic E-state index is 16.3. The van der Waals surface area contributed by atoms with Gasteiger partial charge in [0.05, 0.1) is 36.0 Å². The summed E-state index contributed by atoms with van der Waals surface area (Å²) in [6, 6.07) is 15.7. The molecule has 3 aliphatic rings. The number of hydrogen-bond acceptors (Lipinski definition) is 12. The van der Waals surface area contributed by atoms with E-state index < -0.39 is 35.5 Å². The van der Waals surface area contributed by atoms with E-state index in [1.807, 2.05) is 34.1 Å². The first kappa shape index (κ1) is 41.5. The van der Waals surface area contributed by atoms with Crippen molar-refractivity contribution in [2.24, 2.45) is 0 Å². The van der Waals surface area contributed by atoms with Gasteiger partial charge in [0, 0.05) is 56.6 Å². The standard InChI is InChI=1S/C44H42ClFN6O9/c45-34-24-33-40(39(46)38(34)31-22-27(53)21-26-5-1-2-6-29(26)31)47-25-48-41(33)51-14-12-50(13-15-51)37(55)7-3-4-16-59-17-18-60-19-20-61-28-8-9-30-32(23-28)44(58)52(43(30)57)35-10-11-36(54)49-42(35)56/h1-2,5-6,8-9,21-25,35,53H,3-4,7,10-20H2,(H,49,54,56). The summed E-state index contributed by atoms with van der Waals surface area (Å²) in [7, 11) is 0. The van der Waals surface area contributed by atoms with Crippen molar-refractivity contribution in [1.82, 2.24) is 25.1 Å². The van der Waals surface area contributed by atoms with Gasteiger partial charge in [0.2, 0.25) is 17.7 Å². The monoisotopic (exact) mass is 852 g/mol. The fourth-order valence-corrected chi connectivity index (χ4v) is 8.30. The minimum atomic E-state index is -1.03. The lowest BCUT2D eigenvalue weighted by molar-refractivity contribution is -0.136. The Labute approximate surface area is 354 Å². The molecule has 15 nitrogen and oxygen atoms in total. The number of unbranched alkanes of at least 4 members (excludes halogenated alkanes) is 1. The first-order valence-corrected chi connectivity index (χ1v) is 20.5. The number of nitrogens with one attached hydrogen (secondary N) is 1. The minimum Gasteiger partial charge on any atom is -0.508 e. The van der Waals surface area contributed by atoms with Gasteiger partial charge in [-0.3, -0.25) is 34.2 Å². The van der Waals surface area contributed by atoms with Crippen LogP contribution in [-0.2, 0) is 23.9 Å². The Balaban J connectivity index is 0.725. The molecule has 1 atom stereocenters. The molecule has 0 radical (unpaired) electrons. The zero-order valence-electron chi connectivity index (χ0n) is 33.0. The second kappa shape index (κ2) is 18.2. The van der Waals surface area contributed by atoms with Gasteiger partial charge in [-0.25, -0.2) is 14.4 Å². The lowest BCUT2D eigenvalue weighted by Gasteiger charge is -2.36. The van der Waals surface area contributed by atoms with E-state index in [2.05, 4.69) is 15.3 Å². The number of benzene rings is 4. The first-order valence-electron chi connectivity index (χ1n) is 20.1. The summed E-state index contributed by atoms with van der Waals surface area (Å²) in [5.74, 6) is -1.92. The molecule has 0 spiro atoms. The smallest absolute Gasteiger partial charge is 0.262 e. The second-order valence-corrected chi connectivity index (χ2v) is 15.3. The van der Waals surface area contributed by atoms with Gasteiger partial charge in [-0.2, -0.15) is 0 Å². The van der Waals surface area contributed by atoms with Crippen LogP contribution in [0.3, 0.4) is 0 Å². The molecule has 1 aromatic heterocycles. The molecule has 4 aromatic carbocycles. The Morgan fingerprint density at radius 3 is 2.39 bits per heavy atom. The van der Waals surface area contributed by atoms with Crippen molar-refractivity contribution >= 4 is 68.6 Å². The summed E-state index contributed by atoms with van der Waals surface area (Å²) < 4.78 is 33.2. The molecule has 0 bridgehead atoms. The van der Waals surface area contributed by atoms with E-state index in [9.17, 15) is 29.1 Å². The number of aromatic nitrogens is 2. The highest BCUT2D eigenvalue weighted by atomic mass is 35.5. The number of piperidine rings is 1. The van der Waals surface area contributed by atoms with Crippen LogP contribution in [0.25, 0.3) is 32.8 Å². The molecule has 3 aliphatic heterocycles. The highest BCUT2D eigenvalue weighted by molar-refractivity contribution is 6.35. The summed E-state index contributed by atoms with van der Waals surface area (Å²) in [5, 5.41) is 14.7. The Bertz CT molecular complexity index is 2550. The number of fused-ring (bicyclic) bond motifs is 3. The van der Waals surface area contributed by atoms with E-state index in [1.165, 1.54) is 24.5 Å². The van der Waals surface area contributed by atoms with Gasteiger partial charge in [0.25, 0.3) is 11.8 Å². The molecular formula is C44H42ClFN6O9. The number of rotatable bonds is 15. The Morgan fingerprint density at radius 2 is 1.59 bits per heavy atom. The van der Waals surface area contributed by atoms with Gasteiger partial charge in [-0.05, 0) is 72.0 Å². The van der Waals surface area contributed by atoms with Crippen LogP contribution in [-0.4, -0.2) is 120 Å². The third kappa shape index (κ3) is 8.69. The van der Waals surface area contributed by atoms with Crippen LogP contribution in [0.1, 0.15) is 52.8 Å². The maximum Gasteiger partial charge on any atom is 0.262 e. The fourth-order valence-electron chi connectivity index (χ4n) is 8.00. The number of anilines is 1. The largest absolute Gasteiger partial charge is 0.508 e. The third-order valence-corrected chi connectivity index (χ3v) is 11.4. The molecule has 2 fully saturated rings. The van der Waals surface area contributed by atoms with Crippen molar-refractivity contribution < 1.29 is 47.7 Å². The van der Waals surface area contributed by atoms with Crippen molar-refractivity contribution in [2.45, 2.75) is 38.1 Å². The molecule has 4 heterocycles. The number of piperazine rings is 1. The molecule has 0 aliphatic carbocycles. The highest BCUT2D eigenvalue weighted by Gasteiger charge is 2.44. The number of ether oxygens (including phenoxy) is 3. The molecule has 1 unspecified atom stereocenters. The number of aromatic hydroxyl groups is 1. The molecule has 5 amide bonds. The van der Waals surface area contributed by atoms with Gasteiger partial charge >= 0.3 is 0 Å². The molecule has 5 aromatic rings. The first-order chi connectivity index (χ1) is 29.6. The van der Waals surface area contributed by atoms with Crippen LogP contribution in [0.4, 0.5) is 10.2 Å². The second-order valence-electron chi connectivity index (χ2n) is 14.9. The van der Waals surface area contributed by atoms with E-state index in [0.29, 0.717) is 87.8 Å². The molecule has 0 saturated carbocycles. The topological polar surface area (TPSA) is 181 Å². The molecule has 61 heavy (non-hydrogen) atoms. The Morgan fingerprint density at radius 1 is 0.836 bits per heavy atom. The number of hydrogen-bond donors (Lipinski definition) is 2. The summed E-state index contributed by atoms with van der Waals surface area (Å²) in [6.45, 7) is 3.60. The predicted molar refractivity (Wildman–Crippen MR) is 222 cm³/mol. The molecule has 2 saturated heterocycles. The lowest BCUT2D eigenvalue weighted by atomic mass is 9.96. The Hall–Kier alpha value is -6.23. The van der Waals surface area contributed by atoms with Gasteiger partial charge < -0.3 is 29.1 Å². The summed E-state index contributed by atoms with van der Waals surface area (Å²) >= 11 is 6.75. The summed E-state index contributed by atoms with van der Waals surface area (Å²) in [5.41, 5.74) is 1.05. The van der Waals surface area contributed by atoms with Crippen molar-refractivity contribution in [3.8, 4) is 22.6 Å². The quantitative estimate of drug-likeness (QED) is 0.103. The number of carbonyl (C=O) groups is 5. The number of amides is 5. The molecular weight excluding hydrogens is 811 g/mol. The van der Waals surface area contributed by atoms with Crippen LogP contribution in [0.15, 0.2) is 67.0 Å². The van der Waals surface area contributed by atoms with Gasteiger partial charge in [0.15, 0.2) is 5.82 Å². The number of carbonyl (C=O) groups excluding carboxylic acids is 5. The van der Waals surface area contributed by atoms with Gasteiger partial charge in [-0.15, -0.1) is 0 Å². The van der Waals surface area contributed by atoms with E-state index in [4.69, 9.17) is 25.8 Å². The molecule has 316 valence electrons. The van der Waals surface area contributed by atoms with Gasteiger partial charge in [0.1, 0.15) is 41.8 Å². The zero-order chi connectivity index (χ0) is 42.6.